The summed E-state index contributed by atoms with van der Waals surface area (Å²) >= 11 is 0. The highest BCUT2D eigenvalue weighted by atomic mass is 16.5. The smallest absolute Gasteiger partial charge is 0.270 e. The molecule has 0 saturated carbocycles. The Balaban J connectivity index is 1.03. The van der Waals surface area contributed by atoms with E-state index in [0.29, 0.717) is 42.4 Å². The Morgan fingerprint density at radius 2 is 1.87 bits per heavy atom. The molecule has 2 amide bonds. The lowest BCUT2D eigenvalue weighted by atomic mass is 9.97. The van der Waals surface area contributed by atoms with E-state index in [2.05, 4.69) is 35.8 Å². The topological polar surface area (TPSA) is 198 Å². The molecule has 5 aromatic rings. The van der Waals surface area contributed by atoms with Crippen molar-refractivity contribution < 1.29 is 14.3 Å². The summed E-state index contributed by atoms with van der Waals surface area (Å²) in [6.07, 6.45) is 4.82. The van der Waals surface area contributed by atoms with Crippen molar-refractivity contribution in [2.24, 2.45) is 0 Å². The summed E-state index contributed by atoms with van der Waals surface area (Å²) in [6, 6.07) is 10.5. The lowest BCUT2D eigenvalue weighted by Crippen LogP contribution is -2.41. The third-order valence-electron chi connectivity index (χ3n) is 8.54. The predicted molar refractivity (Wildman–Crippen MR) is 168 cm³/mol. The molecule has 1 aliphatic carbocycles. The van der Waals surface area contributed by atoms with Gasteiger partial charge in [0.05, 0.1) is 18.3 Å². The van der Waals surface area contributed by atoms with Gasteiger partial charge >= 0.3 is 0 Å². The van der Waals surface area contributed by atoms with Gasteiger partial charge in [0.15, 0.2) is 5.82 Å². The van der Waals surface area contributed by atoms with Crippen LogP contribution < -0.4 is 36.9 Å². The van der Waals surface area contributed by atoms with Crippen LogP contribution in [0.25, 0.3) is 11.4 Å². The molecule has 7 rings (SSSR count). The third-order valence-corrected chi connectivity index (χ3v) is 8.54. The molecule has 0 bridgehead atoms. The fraction of sp³-hybridized carbons (Fsp3) is 0.250. The summed E-state index contributed by atoms with van der Waals surface area (Å²) in [5.41, 5.74) is 10.3. The largest absolute Gasteiger partial charge is 0.491 e. The number of ether oxygens (including phenoxy) is 1. The molecular formula is C32H29N9O5. The van der Waals surface area contributed by atoms with E-state index in [0.717, 1.165) is 29.5 Å². The number of carbonyl (C=O) groups excluding carboxylic acids is 2. The minimum atomic E-state index is -0.691. The maximum Gasteiger partial charge on any atom is 0.270 e. The van der Waals surface area contributed by atoms with E-state index in [4.69, 9.17) is 10.5 Å². The van der Waals surface area contributed by atoms with Crippen molar-refractivity contribution >= 4 is 28.9 Å². The van der Waals surface area contributed by atoms with Crippen molar-refractivity contribution in [3.05, 3.63) is 103 Å². The average molecular weight is 620 g/mol. The van der Waals surface area contributed by atoms with E-state index in [1.54, 1.807) is 23.1 Å². The number of aromatic amines is 1. The van der Waals surface area contributed by atoms with Crippen molar-refractivity contribution in [2.45, 2.75) is 38.8 Å². The Bertz CT molecular complexity index is 2070. The maximum atomic E-state index is 13.2. The number of benzene rings is 2. The molecule has 2 aromatic heterocycles. The summed E-state index contributed by atoms with van der Waals surface area (Å²) in [5.74, 6) is 0.341. The highest BCUT2D eigenvalue weighted by molar-refractivity contribution is 5.97. The van der Waals surface area contributed by atoms with Gasteiger partial charge in [0.1, 0.15) is 41.2 Å². The number of hydrogen-bond acceptors (Lipinski definition) is 11. The summed E-state index contributed by atoms with van der Waals surface area (Å²) < 4.78 is 5.82. The van der Waals surface area contributed by atoms with Gasteiger partial charge in [-0.2, -0.15) is 5.10 Å². The Morgan fingerprint density at radius 3 is 2.65 bits per heavy atom. The lowest BCUT2D eigenvalue weighted by molar-refractivity contribution is 0.0931. The van der Waals surface area contributed by atoms with Crippen molar-refractivity contribution in [3.8, 4) is 17.1 Å². The Labute approximate surface area is 261 Å². The van der Waals surface area contributed by atoms with Crippen LogP contribution in [-0.4, -0.2) is 50.1 Å². The number of amides is 2. The van der Waals surface area contributed by atoms with E-state index in [1.807, 2.05) is 19.1 Å². The minimum Gasteiger partial charge on any atom is -0.491 e. The molecule has 3 heterocycles. The molecule has 232 valence electrons. The van der Waals surface area contributed by atoms with Gasteiger partial charge in [-0.05, 0) is 60.6 Å². The molecule has 0 unspecified atom stereocenters. The number of aromatic nitrogens is 5. The number of anilines is 3. The van der Waals surface area contributed by atoms with Crippen LogP contribution in [0.15, 0.2) is 58.6 Å². The van der Waals surface area contributed by atoms with E-state index in [-0.39, 0.29) is 35.3 Å². The summed E-state index contributed by atoms with van der Waals surface area (Å²) in [6.45, 7) is 3.05. The van der Waals surface area contributed by atoms with E-state index < -0.39 is 22.7 Å². The summed E-state index contributed by atoms with van der Waals surface area (Å²) in [4.78, 5) is 64.5. The van der Waals surface area contributed by atoms with Gasteiger partial charge in [-0.25, -0.2) is 15.0 Å². The second kappa shape index (κ2) is 11.5. The monoisotopic (exact) mass is 619 g/mol. The Kier molecular flexibility index (Phi) is 7.23. The van der Waals surface area contributed by atoms with Crippen LogP contribution in [0.5, 0.6) is 5.75 Å². The number of carbonyl (C=O) groups is 2. The van der Waals surface area contributed by atoms with Crippen molar-refractivity contribution in [1.82, 2.24) is 35.8 Å². The average Bonchev–Trinajstić information content (AvgIpc) is 3.71. The van der Waals surface area contributed by atoms with Crippen LogP contribution in [0.4, 0.5) is 17.1 Å². The summed E-state index contributed by atoms with van der Waals surface area (Å²) in [5, 5.41) is 12.7. The summed E-state index contributed by atoms with van der Waals surface area (Å²) in [7, 11) is 0. The van der Waals surface area contributed by atoms with Gasteiger partial charge < -0.3 is 26.0 Å². The van der Waals surface area contributed by atoms with Crippen molar-refractivity contribution in [3.63, 3.8) is 0 Å². The number of hydrogen-bond donors (Lipinski definition) is 4. The highest BCUT2D eigenvalue weighted by Gasteiger charge is 2.29. The quantitative estimate of drug-likeness (QED) is 0.194. The lowest BCUT2D eigenvalue weighted by Gasteiger charge is -2.26. The second-order valence-corrected chi connectivity index (χ2v) is 11.3. The number of nitrogens with one attached hydrogen (secondary N) is 3. The molecular weight excluding hydrogens is 590 g/mol. The number of H-pyrrole nitrogens is 1. The fourth-order valence-corrected chi connectivity index (χ4v) is 6.16. The molecule has 2 aliphatic rings. The van der Waals surface area contributed by atoms with Crippen LogP contribution >= 0.6 is 0 Å². The first-order valence-electron chi connectivity index (χ1n) is 14.8. The Hall–Kier alpha value is -5.92. The molecule has 0 spiro atoms. The van der Waals surface area contributed by atoms with Crippen molar-refractivity contribution in [2.75, 3.05) is 23.8 Å². The van der Waals surface area contributed by atoms with Gasteiger partial charge in [0.2, 0.25) is 0 Å². The van der Waals surface area contributed by atoms with Crippen LogP contribution in [0.3, 0.4) is 0 Å². The number of rotatable bonds is 7. The number of fused-ring (bicyclic) bond motifs is 2. The first-order chi connectivity index (χ1) is 22.3. The molecule has 5 N–H and O–H groups in total. The minimum absolute atomic E-state index is 0.0377. The second-order valence-electron chi connectivity index (χ2n) is 11.3. The molecule has 0 fully saturated rings. The van der Waals surface area contributed by atoms with E-state index >= 15 is 0 Å². The van der Waals surface area contributed by atoms with E-state index in [1.165, 1.54) is 24.3 Å². The van der Waals surface area contributed by atoms with Gasteiger partial charge in [-0.3, -0.25) is 24.3 Å². The standard InChI is InChI=1S/C32H29N9O5/c1-16-18-6-7-21(20(18)5-4-19(16)30-37-15-38-40-30)39-32(45)23-12-22(35-14-36-23)31(44)34-13-17-3-8-25-24(11-17)41(9-2-10-46-25)27-26(33)28(42)29(27)43/h3-5,8,11-12,14-15,21H,2,6-7,9-10,13,33H2,1H3,(H,34,44)(H,39,45)(H,37,38,40)/t21-/m0/s1. The molecule has 0 radical (unpaired) electrons. The number of nitrogens with zero attached hydrogens (tertiary/aromatic N) is 5. The zero-order chi connectivity index (χ0) is 31.9. The third kappa shape index (κ3) is 5.02. The molecule has 46 heavy (non-hydrogen) atoms. The zero-order valence-electron chi connectivity index (χ0n) is 24.8. The maximum absolute atomic E-state index is 13.2. The van der Waals surface area contributed by atoms with Gasteiger partial charge in [-0.15, -0.1) is 0 Å². The van der Waals surface area contributed by atoms with Crippen LogP contribution in [0, 0.1) is 6.92 Å². The molecule has 14 heteroatoms. The van der Waals surface area contributed by atoms with E-state index in [9.17, 15) is 19.2 Å². The molecule has 3 aromatic carbocycles. The fourth-order valence-electron chi connectivity index (χ4n) is 6.16. The number of nitrogens with two attached hydrogens (primary N) is 1. The first kappa shape index (κ1) is 28.8. The molecule has 14 nitrogen and oxygen atoms in total. The molecule has 1 aliphatic heterocycles. The first-order valence-corrected chi connectivity index (χ1v) is 14.8. The van der Waals surface area contributed by atoms with Gasteiger partial charge in [-0.1, -0.05) is 18.2 Å². The number of nitrogen functional groups attached to an aromatic ring is 1. The molecule has 1 atom stereocenters. The Morgan fingerprint density at radius 1 is 1.04 bits per heavy atom. The normalized spacial score (nSPS) is 15.5. The van der Waals surface area contributed by atoms with Gasteiger partial charge in [0, 0.05) is 24.7 Å². The molecule has 0 saturated heterocycles. The zero-order valence-corrected chi connectivity index (χ0v) is 24.8. The van der Waals surface area contributed by atoms with Crippen molar-refractivity contribution in [1.29, 1.82) is 0 Å². The van der Waals surface area contributed by atoms with Crippen LogP contribution in [-0.2, 0) is 13.0 Å². The van der Waals surface area contributed by atoms with Crippen LogP contribution in [0.2, 0.25) is 0 Å². The SMILES string of the molecule is Cc1c(-c2ncn[nH]2)ccc2c1CC[C@@H]2NC(=O)c1cc(C(=O)NCc2ccc3c(c2)N(c2c(N)c(=O)c2=O)CCCO3)ncn1. The van der Waals surface area contributed by atoms with Gasteiger partial charge in [0.25, 0.3) is 22.7 Å². The predicted octanol–water partition coefficient (Wildman–Crippen LogP) is 2.02. The highest BCUT2D eigenvalue weighted by Crippen LogP contribution is 2.38. The van der Waals surface area contributed by atoms with Crippen LogP contribution in [0.1, 0.15) is 62.1 Å².